The summed E-state index contributed by atoms with van der Waals surface area (Å²) in [4.78, 5) is 0. The van der Waals surface area contributed by atoms with E-state index >= 15 is 0 Å². The first-order chi connectivity index (χ1) is 7.47. The van der Waals surface area contributed by atoms with Gasteiger partial charge in [-0.3, -0.25) is 0 Å². The smallest absolute Gasteiger partial charge is 0.212 e. The van der Waals surface area contributed by atoms with Crippen molar-refractivity contribution >= 4 is 10.0 Å². The Morgan fingerprint density at radius 1 is 1.31 bits per heavy atom. The number of nitrogens with one attached hydrogen (secondary N) is 2. The second kappa shape index (κ2) is 5.95. The molecule has 1 aliphatic rings. The number of sulfonamides is 1. The van der Waals surface area contributed by atoms with Gasteiger partial charge in [-0.25, -0.2) is 13.1 Å². The topological polar surface area (TPSA) is 67.4 Å². The molecule has 1 saturated heterocycles. The summed E-state index contributed by atoms with van der Waals surface area (Å²) in [6.07, 6.45) is 2.13. The van der Waals surface area contributed by atoms with Crippen LogP contribution in [-0.4, -0.2) is 46.5 Å². The predicted octanol–water partition coefficient (Wildman–Crippen LogP) is 0.0844. The van der Waals surface area contributed by atoms with Crippen molar-refractivity contribution in [2.75, 3.05) is 32.6 Å². The molecule has 0 radical (unpaired) electrons. The summed E-state index contributed by atoms with van der Waals surface area (Å²) in [5.74, 6) is 0.185. The van der Waals surface area contributed by atoms with Crippen LogP contribution in [0.4, 0.5) is 0 Å². The molecule has 96 valence electrons. The van der Waals surface area contributed by atoms with Crippen molar-refractivity contribution in [3.63, 3.8) is 0 Å². The van der Waals surface area contributed by atoms with Crippen molar-refractivity contribution in [3.8, 4) is 0 Å². The number of hydrogen-bond acceptors (Lipinski definition) is 4. The van der Waals surface area contributed by atoms with Crippen molar-refractivity contribution < 1.29 is 13.2 Å². The highest BCUT2D eigenvalue weighted by Gasteiger charge is 2.31. The Morgan fingerprint density at radius 3 is 2.50 bits per heavy atom. The number of hydrogen-bond donors (Lipinski definition) is 2. The average molecular weight is 250 g/mol. The van der Waals surface area contributed by atoms with Crippen molar-refractivity contribution in [2.24, 2.45) is 0 Å². The van der Waals surface area contributed by atoms with Crippen molar-refractivity contribution in [3.05, 3.63) is 0 Å². The maximum Gasteiger partial charge on any atom is 0.212 e. The lowest BCUT2D eigenvalue weighted by molar-refractivity contribution is 0.0537. The van der Waals surface area contributed by atoms with E-state index in [2.05, 4.69) is 10.0 Å². The van der Waals surface area contributed by atoms with Crippen LogP contribution in [0, 0.1) is 0 Å². The molecule has 0 aromatic heterocycles. The van der Waals surface area contributed by atoms with Crippen molar-refractivity contribution in [2.45, 2.75) is 31.7 Å². The van der Waals surface area contributed by atoms with Crippen LogP contribution in [0.2, 0.25) is 0 Å². The van der Waals surface area contributed by atoms with Gasteiger partial charge in [-0.2, -0.15) is 0 Å². The van der Waals surface area contributed by atoms with E-state index in [1.54, 1.807) is 0 Å². The van der Waals surface area contributed by atoms with Crippen LogP contribution in [-0.2, 0) is 14.8 Å². The van der Waals surface area contributed by atoms with Crippen molar-refractivity contribution in [1.29, 1.82) is 0 Å². The molecule has 6 heteroatoms. The van der Waals surface area contributed by atoms with Gasteiger partial charge in [0.05, 0.1) is 5.75 Å². The molecule has 0 aliphatic carbocycles. The van der Waals surface area contributed by atoms with Gasteiger partial charge in [0.15, 0.2) is 0 Å². The Morgan fingerprint density at radius 2 is 1.94 bits per heavy atom. The van der Waals surface area contributed by atoms with E-state index in [-0.39, 0.29) is 11.3 Å². The molecule has 16 heavy (non-hydrogen) atoms. The third-order valence-electron chi connectivity index (χ3n) is 2.84. The molecule has 0 unspecified atom stereocenters. The van der Waals surface area contributed by atoms with Crippen LogP contribution in [0.5, 0.6) is 0 Å². The molecule has 5 nitrogen and oxygen atoms in total. The molecule has 0 saturated carbocycles. The Kier molecular flexibility index (Phi) is 5.17. The Bertz CT molecular complexity index is 297. The lowest BCUT2D eigenvalue weighted by atomic mass is 9.94. The summed E-state index contributed by atoms with van der Waals surface area (Å²) in [5, 5.41) is 2.94. The SMILES string of the molecule is CNCCCS(=O)(=O)NC1(C)CCOCC1. The van der Waals surface area contributed by atoms with Gasteiger partial charge in [0.25, 0.3) is 0 Å². The molecular weight excluding hydrogens is 228 g/mol. The van der Waals surface area contributed by atoms with E-state index < -0.39 is 10.0 Å². The zero-order chi connectivity index (χ0) is 12.1. The first-order valence-electron chi connectivity index (χ1n) is 5.71. The van der Waals surface area contributed by atoms with Gasteiger partial charge in [0.2, 0.25) is 10.0 Å². The Labute approximate surface area is 98.0 Å². The van der Waals surface area contributed by atoms with Gasteiger partial charge in [-0.05, 0) is 39.8 Å². The van der Waals surface area contributed by atoms with Gasteiger partial charge in [0.1, 0.15) is 0 Å². The fourth-order valence-corrected chi connectivity index (χ4v) is 3.37. The first kappa shape index (κ1) is 13.9. The average Bonchev–Trinajstić information content (AvgIpc) is 2.17. The van der Waals surface area contributed by atoms with Crippen LogP contribution in [0.3, 0.4) is 0 Å². The Balaban J connectivity index is 2.44. The van der Waals surface area contributed by atoms with E-state index in [1.165, 1.54) is 0 Å². The van der Waals surface area contributed by atoms with Crippen LogP contribution in [0.1, 0.15) is 26.2 Å². The molecule has 0 amide bonds. The van der Waals surface area contributed by atoms with Crippen molar-refractivity contribution in [1.82, 2.24) is 10.0 Å². The van der Waals surface area contributed by atoms with Gasteiger partial charge < -0.3 is 10.1 Å². The molecule has 1 aliphatic heterocycles. The first-order valence-corrected chi connectivity index (χ1v) is 7.37. The maximum atomic E-state index is 11.8. The minimum Gasteiger partial charge on any atom is -0.381 e. The van der Waals surface area contributed by atoms with Gasteiger partial charge >= 0.3 is 0 Å². The summed E-state index contributed by atoms with van der Waals surface area (Å²) in [6.45, 7) is 3.94. The summed E-state index contributed by atoms with van der Waals surface area (Å²) in [5.41, 5.74) is -0.323. The highest BCUT2D eigenvalue weighted by atomic mass is 32.2. The van der Waals surface area contributed by atoms with E-state index in [1.807, 2.05) is 14.0 Å². The summed E-state index contributed by atoms with van der Waals surface area (Å²) < 4.78 is 31.6. The van der Waals surface area contributed by atoms with Crippen LogP contribution in [0.25, 0.3) is 0 Å². The highest BCUT2D eigenvalue weighted by Crippen LogP contribution is 2.20. The Hall–Kier alpha value is -0.170. The number of rotatable bonds is 6. The second-order valence-corrected chi connectivity index (χ2v) is 6.39. The van der Waals surface area contributed by atoms with Crippen LogP contribution in [0.15, 0.2) is 0 Å². The van der Waals surface area contributed by atoms with Crippen LogP contribution >= 0.6 is 0 Å². The number of ether oxygens (including phenoxy) is 1. The molecule has 1 fully saturated rings. The minimum atomic E-state index is -3.16. The maximum absolute atomic E-state index is 11.8. The monoisotopic (exact) mass is 250 g/mol. The molecule has 1 rings (SSSR count). The van der Waals surface area contributed by atoms with Gasteiger partial charge in [-0.1, -0.05) is 0 Å². The summed E-state index contributed by atoms with van der Waals surface area (Å²) in [7, 11) is -1.34. The summed E-state index contributed by atoms with van der Waals surface area (Å²) >= 11 is 0. The zero-order valence-corrected chi connectivity index (χ0v) is 10.9. The summed E-state index contributed by atoms with van der Waals surface area (Å²) in [6, 6.07) is 0. The molecule has 2 N–H and O–H groups in total. The molecule has 0 bridgehead atoms. The molecule has 0 spiro atoms. The molecule has 0 atom stereocenters. The fraction of sp³-hybridized carbons (Fsp3) is 1.00. The molecule has 1 heterocycles. The molecule has 0 aromatic carbocycles. The van der Waals surface area contributed by atoms with E-state index in [0.29, 0.717) is 19.6 Å². The molecular formula is C10H22N2O3S. The van der Waals surface area contributed by atoms with E-state index in [4.69, 9.17) is 4.74 Å². The highest BCUT2D eigenvalue weighted by molar-refractivity contribution is 7.89. The standard InChI is InChI=1S/C10H22N2O3S/c1-10(4-7-15-8-5-10)12-16(13,14)9-3-6-11-2/h11-12H,3-9H2,1-2H3. The fourth-order valence-electron chi connectivity index (χ4n) is 1.79. The van der Waals surface area contributed by atoms with Gasteiger partial charge in [-0.15, -0.1) is 0 Å². The van der Waals surface area contributed by atoms with Gasteiger partial charge in [0, 0.05) is 18.8 Å². The largest absolute Gasteiger partial charge is 0.381 e. The van der Waals surface area contributed by atoms with E-state index in [9.17, 15) is 8.42 Å². The predicted molar refractivity (Wildman–Crippen MR) is 63.9 cm³/mol. The molecule has 0 aromatic rings. The quantitative estimate of drug-likeness (QED) is 0.655. The lowest BCUT2D eigenvalue weighted by Crippen LogP contribution is -2.50. The minimum absolute atomic E-state index is 0.185. The third kappa shape index (κ3) is 4.78. The lowest BCUT2D eigenvalue weighted by Gasteiger charge is -2.34. The van der Waals surface area contributed by atoms with Crippen LogP contribution < -0.4 is 10.0 Å². The second-order valence-electron chi connectivity index (χ2n) is 4.55. The third-order valence-corrected chi connectivity index (χ3v) is 4.47. The zero-order valence-electron chi connectivity index (χ0n) is 10.1. The van der Waals surface area contributed by atoms with E-state index in [0.717, 1.165) is 19.4 Å². The normalized spacial score (nSPS) is 20.9.